The molecule has 0 aliphatic carbocycles. The molecule has 0 aromatic heterocycles. The minimum atomic E-state index is -1.12. The van der Waals surface area contributed by atoms with Crippen LogP contribution in [0.25, 0.3) is 0 Å². The first-order valence-corrected chi connectivity index (χ1v) is 7.19. The summed E-state index contributed by atoms with van der Waals surface area (Å²) in [5, 5.41) is 11.6. The predicted octanol–water partition coefficient (Wildman–Crippen LogP) is 4.10. The maximum absolute atomic E-state index is 11.7. The number of carboxylic acid groups (broad SMARTS) is 1. The molecule has 0 radical (unpaired) electrons. The molecule has 5 nitrogen and oxygen atoms in total. The number of carboxylic acids is 1. The quantitative estimate of drug-likeness (QED) is 0.677. The first-order valence-electron chi connectivity index (χ1n) is 5.32. The SMILES string of the molecule is CC(C)(C)OC(=O)Nc1c(I)cc(Br)cc1C(=O)O. The van der Waals surface area contributed by atoms with Crippen LogP contribution in [0.1, 0.15) is 31.1 Å². The zero-order valence-electron chi connectivity index (χ0n) is 10.6. The van der Waals surface area contributed by atoms with Crippen molar-refractivity contribution >= 4 is 56.3 Å². The van der Waals surface area contributed by atoms with Gasteiger partial charge in [-0.25, -0.2) is 9.59 Å². The number of nitrogens with one attached hydrogen (secondary N) is 1. The normalized spacial score (nSPS) is 11.0. The van der Waals surface area contributed by atoms with Gasteiger partial charge in [-0.3, -0.25) is 5.32 Å². The molecular weight excluding hydrogens is 429 g/mol. The molecule has 1 aromatic rings. The van der Waals surface area contributed by atoms with Crippen molar-refractivity contribution in [2.45, 2.75) is 26.4 Å². The number of benzene rings is 1. The van der Waals surface area contributed by atoms with E-state index in [1.165, 1.54) is 6.07 Å². The largest absolute Gasteiger partial charge is 0.478 e. The molecule has 0 saturated heterocycles. The summed E-state index contributed by atoms with van der Waals surface area (Å²) in [7, 11) is 0. The Hall–Kier alpha value is -0.830. The lowest BCUT2D eigenvalue weighted by atomic mass is 10.2. The van der Waals surface area contributed by atoms with E-state index in [-0.39, 0.29) is 11.3 Å². The van der Waals surface area contributed by atoms with E-state index in [0.717, 1.165) is 0 Å². The maximum Gasteiger partial charge on any atom is 0.412 e. The minimum absolute atomic E-state index is 0.00429. The second-order valence-corrected chi connectivity index (χ2v) is 6.82. The first kappa shape index (κ1) is 16.2. The molecule has 19 heavy (non-hydrogen) atoms. The number of ether oxygens (including phenoxy) is 1. The molecule has 0 fully saturated rings. The highest BCUT2D eigenvalue weighted by molar-refractivity contribution is 14.1. The average molecular weight is 442 g/mol. The summed E-state index contributed by atoms with van der Waals surface area (Å²) in [5.41, 5.74) is -0.413. The van der Waals surface area contributed by atoms with Gasteiger partial charge in [0.2, 0.25) is 0 Å². The Kier molecular flexibility index (Phi) is 5.19. The Bertz CT molecular complexity index is 525. The standard InChI is InChI=1S/C12H13BrINO4/c1-12(2,3)19-11(18)15-9-7(10(16)17)4-6(13)5-8(9)14/h4-5H,1-3H3,(H,15,18)(H,16,17). The maximum atomic E-state index is 11.7. The minimum Gasteiger partial charge on any atom is -0.478 e. The molecule has 0 bridgehead atoms. The highest BCUT2D eigenvalue weighted by atomic mass is 127. The number of amides is 1. The van der Waals surface area contributed by atoms with Crippen LogP contribution in [-0.4, -0.2) is 22.8 Å². The third kappa shape index (κ3) is 4.98. The van der Waals surface area contributed by atoms with Crippen LogP contribution in [-0.2, 0) is 4.74 Å². The van der Waals surface area contributed by atoms with Crippen LogP contribution in [0.3, 0.4) is 0 Å². The van der Waals surface area contributed by atoms with Crippen LogP contribution in [0, 0.1) is 3.57 Å². The van der Waals surface area contributed by atoms with Gasteiger partial charge in [-0.2, -0.15) is 0 Å². The van der Waals surface area contributed by atoms with Crippen molar-refractivity contribution in [2.75, 3.05) is 5.32 Å². The molecule has 104 valence electrons. The highest BCUT2D eigenvalue weighted by Crippen LogP contribution is 2.28. The monoisotopic (exact) mass is 441 g/mol. The number of halogens is 2. The topological polar surface area (TPSA) is 75.6 Å². The summed E-state index contributed by atoms with van der Waals surface area (Å²) in [6.07, 6.45) is -0.685. The van der Waals surface area contributed by atoms with E-state index in [0.29, 0.717) is 8.04 Å². The summed E-state index contributed by atoms with van der Waals surface area (Å²) in [6, 6.07) is 3.14. The Balaban J connectivity index is 3.07. The van der Waals surface area contributed by atoms with Crippen LogP contribution < -0.4 is 5.32 Å². The second-order valence-electron chi connectivity index (χ2n) is 4.74. The molecule has 0 spiro atoms. The lowest BCUT2D eigenvalue weighted by Gasteiger charge is -2.20. The fourth-order valence-electron chi connectivity index (χ4n) is 1.27. The van der Waals surface area contributed by atoms with Gasteiger partial charge < -0.3 is 9.84 Å². The molecular formula is C12H13BrINO4. The Labute approximate surface area is 133 Å². The van der Waals surface area contributed by atoms with Gasteiger partial charge >= 0.3 is 12.1 Å². The van der Waals surface area contributed by atoms with Gasteiger partial charge in [-0.1, -0.05) is 15.9 Å². The van der Waals surface area contributed by atoms with Crippen molar-refractivity contribution in [3.8, 4) is 0 Å². The summed E-state index contributed by atoms with van der Waals surface area (Å²) in [4.78, 5) is 22.9. The van der Waals surface area contributed by atoms with Crippen molar-refractivity contribution in [1.29, 1.82) is 0 Å². The van der Waals surface area contributed by atoms with Gasteiger partial charge in [0.25, 0.3) is 0 Å². The Morgan fingerprint density at radius 3 is 2.42 bits per heavy atom. The molecule has 1 amide bonds. The number of hydrogen-bond acceptors (Lipinski definition) is 3. The number of carbonyl (C=O) groups excluding carboxylic acids is 1. The van der Waals surface area contributed by atoms with Crippen molar-refractivity contribution in [2.24, 2.45) is 0 Å². The Morgan fingerprint density at radius 1 is 1.37 bits per heavy atom. The van der Waals surface area contributed by atoms with E-state index in [1.807, 2.05) is 22.6 Å². The Morgan fingerprint density at radius 2 is 1.95 bits per heavy atom. The molecule has 0 atom stereocenters. The van der Waals surface area contributed by atoms with Gasteiger partial charge in [-0.05, 0) is 55.5 Å². The van der Waals surface area contributed by atoms with Crippen LogP contribution in [0.2, 0.25) is 0 Å². The summed E-state index contributed by atoms with van der Waals surface area (Å²) in [6.45, 7) is 5.20. The van der Waals surface area contributed by atoms with Crippen LogP contribution in [0.15, 0.2) is 16.6 Å². The van der Waals surface area contributed by atoms with E-state index in [1.54, 1.807) is 26.8 Å². The summed E-state index contributed by atoms with van der Waals surface area (Å²) >= 11 is 5.17. The average Bonchev–Trinajstić information content (AvgIpc) is 2.18. The molecule has 1 aromatic carbocycles. The van der Waals surface area contributed by atoms with Crippen molar-refractivity contribution in [3.63, 3.8) is 0 Å². The van der Waals surface area contributed by atoms with Crippen LogP contribution >= 0.6 is 38.5 Å². The number of carbonyl (C=O) groups is 2. The first-order chi connectivity index (χ1) is 8.60. The van der Waals surface area contributed by atoms with Gasteiger partial charge in [0.15, 0.2) is 0 Å². The zero-order chi connectivity index (χ0) is 14.8. The third-order valence-corrected chi connectivity index (χ3v) is 3.22. The smallest absolute Gasteiger partial charge is 0.412 e. The van der Waals surface area contributed by atoms with Crippen molar-refractivity contribution in [3.05, 3.63) is 25.7 Å². The van der Waals surface area contributed by atoms with Crippen LogP contribution in [0.4, 0.5) is 10.5 Å². The number of anilines is 1. The highest BCUT2D eigenvalue weighted by Gasteiger charge is 2.21. The molecule has 2 N–H and O–H groups in total. The molecule has 0 aliphatic rings. The van der Waals surface area contributed by atoms with Gasteiger partial charge in [0.1, 0.15) is 5.60 Å². The van der Waals surface area contributed by atoms with Gasteiger partial charge in [-0.15, -0.1) is 0 Å². The van der Waals surface area contributed by atoms with Crippen molar-refractivity contribution < 1.29 is 19.4 Å². The third-order valence-electron chi connectivity index (χ3n) is 1.91. The number of rotatable bonds is 2. The van der Waals surface area contributed by atoms with Gasteiger partial charge in [0, 0.05) is 8.04 Å². The van der Waals surface area contributed by atoms with Crippen molar-refractivity contribution in [1.82, 2.24) is 0 Å². The lowest BCUT2D eigenvalue weighted by molar-refractivity contribution is 0.0636. The number of hydrogen-bond donors (Lipinski definition) is 2. The fraction of sp³-hybridized carbons (Fsp3) is 0.333. The molecule has 0 saturated carbocycles. The van der Waals surface area contributed by atoms with E-state index in [2.05, 4.69) is 21.2 Å². The fourth-order valence-corrected chi connectivity index (χ4v) is 2.92. The van der Waals surface area contributed by atoms with E-state index in [9.17, 15) is 9.59 Å². The number of aromatic carboxylic acids is 1. The molecule has 0 aliphatic heterocycles. The molecule has 0 heterocycles. The second kappa shape index (κ2) is 6.08. The van der Waals surface area contributed by atoms with Crippen LogP contribution in [0.5, 0.6) is 0 Å². The summed E-state index contributed by atoms with van der Waals surface area (Å²) in [5.74, 6) is -1.12. The molecule has 0 unspecified atom stereocenters. The molecule has 7 heteroatoms. The van der Waals surface area contributed by atoms with E-state index < -0.39 is 17.7 Å². The predicted molar refractivity (Wildman–Crippen MR) is 83.7 cm³/mol. The lowest BCUT2D eigenvalue weighted by Crippen LogP contribution is -2.28. The van der Waals surface area contributed by atoms with Gasteiger partial charge in [0.05, 0.1) is 11.3 Å². The summed E-state index contributed by atoms with van der Waals surface area (Å²) < 4.78 is 6.34. The zero-order valence-corrected chi connectivity index (χ0v) is 14.3. The van der Waals surface area contributed by atoms with E-state index >= 15 is 0 Å². The molecule has 1 rings (SSSR count). The van der Waals surface area contributed by atoms with E-state index in [4.69, 9.17) is 9.84 Å².